The van der Waals surface area contributed by atoms with Gasteiger partial charge in [0.1, 0.15) is 13.2 Å². The Morgan fingerprint density at radius 1 is 1.44 bits per heavy atom. The van der Waals surface area contributed by atoms with E-state index in [1.54, 1.807) is 0 Å². The van der Waals surface area contributed by atoms with E-state index in [2.05, 4.69) is 9.05 Å². The number of hydrogen-bond acceptors (Lipinski definition) is 4. The van der Waals surface area contributed by atoms with Crippen LogP contribution in [0.2, 0.25) is 0 Å². The summed E-state index contributed by atoms with van der Waals surface area (Å²) in [5.41, 5.74) is 0. The van der Waals surface area contributed by atoms with Gasteiger partial charge in [-0.1, -0.05) is 0 Å². The van der Waals surface area contributed by atoms with E-state index in [0.29, 0.717) is 0 Å². The van der Waals surface area contributed by atoms with Crippen LogP contribution in [-0.2, 0) is 18.4 Å². The summed E-state index contributed by atoms with van der Waals surface area (Å²) >= 11 is 0. The Hall–Kier alpha value is -0.180. The van der Waals surface area contributed by atoms with Crippen LogP contribution in [0.3, 0.4) is 0 Å². The van der Waals surface area contributed by atoms with Gasteiger partial charge in [-0.05, 0) is 0 Å². The van der Waals surface area contributed by atoms with Crippen LogP contribution in [0.4, 0.5) is 0 Å². The average Bonchev–Trinajstić information content (AvgIpc) is 1.78. The number of carbonyl (C=O) groups excluding carboxylic acids is 1. The molecular formula is C4H7O4P. The van der Waals surface area contributed by atoms with Crippen LogP contribution in [0.5, 0.6) is 0 Å². The Morgan fingerprint density at radius 3 is 2.22 bits per heavy atom. The molecule has 0 aliphatic carbocycles. The van der Waals surface area contributed by atoms with Crippen molar-refractivity contribution in [2.75, 3.05) is 19.9 Å². The minimum atomic E-state index is -2.84. The van der Waals surface area contributed by atoms with E-state index in [0.717, 1.165) is 0 Å². The number of hydrogen-bond donors (Lipinski definition) is 0. The van der Waals surface area contributed by atoms with E-state index in [9.17, 15) is 9.36 Å². The zero-order valence-electron chi connectivity index (χ0n) is 4.99. The molecule has 0 radical (unpaired) electrons. The monoisotopic (exact) mass is 150 g/mol. The highest BCUT2D eigenvalue weighted by molar-refractivity contribution is 7.53. The number of rotatable bonds is 0. The normalized spacial score (nSPS) is 26.1. The van der Waals surface area contributed by atoms with Gasteiger partial charge in [0.15, 0.2) is 5.78 Å². The molecule has 0 aromatic carbocycles. The van der Waals surface area contributed by atoms with Crippen LogP contribution < -0.4 is 0 Å². The van der Waals surface area contributed by atoms with Gasteiger partial charge in [-0.2, -0.15) is 0 Å². The molecule has 1 aliphatic rings. The largest absolute Gasteiger partial charge is 0.328 e. The predicted octanol–water partition coefficient (Wildman–Crippen LogP) is 0.425. The predicted molar refractivity (Wildman–Crippen MR) is 30.4 cm³/mol. The smallest absolute Gasteiger partial charge is 0.301 e. The molecular weight excluding hydrogens is 143 g/mol. The lowest BCUT2D eigenvalue weighted by molar-refractivity contribution is -0.125. The van der Waals surface area contributed by atoms with Gasteiger partial charge in [0.05, 0.1) is 0 Å². The van der Waals surface area contributed by atoms with Crippen LogP contribution in [-0.4, -0.2) is 25.7 Å². The topological polar surface area (TPSA) is 52.6 Å². The molecule has 1 rings (SSSR count). The van der Waals surface area contributed by atoms with Crippen LogP contribution in [0, 0.1) is 0 Å². The van der Waals surface area contributed by atoms with Crippen LogP contribution in [0.15, 0.2) is 0 Å². The Kier molecular flexibility index (Phi) is 1.70. The summed E-state index contributed by atoms with van der Waals surface area (Å²) in [5, 5.41) is 0. The maximum absolute atomic E-state index is 10.8. The van der Waals surface area contributed by atoms with Gasteiger partial charge in [-0.3, -0.25) is 9.36 Å². The van der Waals surface area contributed by atoms with Gasteiger partial charge in [0.2, 0.25) is 0 Å². The van der Waals surface area contributed by atoms with Crippen molar-refractivity contribution in [3.63, 3.8) is 0 Å². The summed E-state index contributed by atoms with van der Waals surface area (Å²) in [4.78, 5) is 10.4. The van der Waals surface area contributed by atoms with Gasteiger partial charge >= 0.3 is 7.60 Å². The third-order valence-electron chi connectivity index (χ3n) is 0.920. The minimum Gasteiger partial charge on any atom is -0.301 e. The summed E-state index contributed by atoms with van der Waals surface area (Å²) in [6.45, 7) is 1.20. The standard InChI is InChI=1S/C4H7O4P/c1-9(6)7-2-4(5)3-8-9/h2-3H2,1H3. The van der Waals surface area contributed by atoms with Crippen molar-refractivity contribution < 1.29 is 18.4 Å². The first-order valence-electron chi connectivity index (χ1n) is 2.48. The van der Waals surface area contributed by atoms with E-state index < -0.39 is 7.60 Å². The van der Waals surface area contributed by atoms with Crippen LogP contribution in [0.25, 0.3) is 0 Å². The Morgan fingerprint density at radius 2 is 1.89 bits per heavy atom. The van der Waals surface area contributed by atoms with Crippen molar-refractivity contribution >= 4 is 13.4 Å². The van der Waals surface area contributed by atoms with Crippen molar-refractivity contribution in [3.8, 4) is 0 Å². The highest BCUT2D eigenvalue weighted by Gasteiger charge is 2.25. The minimum absolute atomic E-state index is 0.0756. The molecule has 0 unspecified atom stereocenters. The fourth-order valence-corrected chi connectivity index (χ4v) is 1.29. The molecule has 0 N–H and O–H groups in total. The SMILES string of the molecule is CP1(=O)OCC(=O)CO1. The highest BCUT2D eigenvalue weighted by Crippen LogP contribution is 2.45. The third kappa shape index (κ3) is 1.90. The molecule has 5 heteroatoms. The number of ketones is 1. The van der Waals surface area contributed by atoms with Crippen molar-refractivity contribution in [2.45, 2.75) is 0 Å². The first-order valence-corrected chi connectivity index (χ1v) is 4.47. The van der Waals surface area contributed by atoms with Crippen LogP contribution in [0.1, 0.15) is 0 Å². The van der Waals surface area contributed by atoms with Gasteiger partial charge in [0, 0.05) is 6.66 Å². The average molecular weight is 150 g/mol. The molecule has 0 atom stereocenters. The van der Waals surface area contributed by atoms with E-state index in [-0.39, 0.29) is 19.0 Å². The van der Waals surface area contributed by atoms with Crippen molar-refractivity contribution in [3.05, 3.63) is 0 Å². The fraction of sp³-hybridized carbons (Fsp3) is 0.750. The summed E-state index contributed by atoms with van der Waals surface area (Å²) in [6.07, 6.45) is 0. The van der Waals surface area contributed by atoms with E-state index in [1.807, 2.05) is 0 Å². The van der Waals surface area contributed by atoms with Gasteiger partial charge in [0.25, 0.3) is 0 Å². The maximum atomic E-state index is 10.8. The molecule has 0 aromatic rings. The Balaban J connectivity index is 2.54. The Bertz CT molecular complexity index is 161. The summed E-state index contributed by atoms with van der Waals surface area (Å²) in [7, 11) is -2.84. The second kappa shape index (κ2) is 2.21. The quantitative estimate of drug-likeness (QED) is 0.469. The highest BCUT2D eigenvalue weighted by atomic mass is 31.2. The van der Waals surface area contributed by atoms with Crippen molar-refractivity contribution in [1.82, 2.24) is 0 Å². The molecule has 0 saturated carbocycles. The van der Waals surface area contributed by atoms with Gasteiger partial charge in [-0.25, -0.2) is 0 Å². The van der Waals surface area contributed by atoms with Crippen molar-refractivity contribution in [1.29, 1.82) is 0 Å². The molecule has 1 heterocycles. The molecule has 0 spiro atoms. The molecule has 0 aromatic heterocycles. The Labute approximate surface area is 52.7 Å². The lowest BCUT2D eigenvalue weighted by atomic mass is 10.5. The molecule has 0 amide bonds. The zero-order valence-corrected chi connectivity index (χ0v) is 5.89. The lowest BCUT2D eigenvalue weighted by Gasteiger charge is -2.17. The van der Waals surface area contributed by atoms with Crippen LogP contribution >= 0.6 is 7.60 Å². The third-order valence-corrected chi connectivity index (χ3v) is 2.12. The summed E-state index contributed by atoms with van der Waals surface area (Å²) < 4.78 is 19.9. The zero-order chi connectivity index (χ0) is 6.91. The molecule has 1 fully saturated rings. The fourth-order valence-electron chi connectivity index (χ4n) is 0.457. The summed E-state index contributed by atoms with van der Waals surface area (Å²) in [6, 6.07) is 0. The van der Waals surface area contributed by atoms with E-state index >= 15 is 0 Å². The number of Topliss-reactive ketones (excluding diaryl/α,β-unsaturated/α-hetero) is 1. The second-order valence-corrected chi connectivity index (χ2v) is 3.92. The molecule has 4 nitrogen and oxygen atoms in total. The van der Waals surface area contributed by atoms with E-state index in [1.165, 1.54) is 6.66 Å². The molecule has 0 bridgehead atoms. The first-order chi connectivity index (χ1) is 4.10. The number of carbonyl (C=O) groups is 1. The summed E-state index contributed by atoms with van der Waals surface area (Å²) in [5.74, 6) is -0.164. The van der Waals surface area contributed by atoms with E-state index in [4.69, 9.17) is 0 Å². The first kappa shape index (κ1) is 6.93. The van der Waals surface area contributed by atoms with Gasteiger partial charge in [-0.15, -0.1) is 0 Å². The second-order valence-electron chi connectivity index (χ2n) is 1.86. The molecule has 9 heavy (non-hydrogen) atoms. The maximum Gasteiger partial charge on any atom is 0.328 e. The lowest BCUT2D eigenvalue weighted by Crippen LogP contribution is -2.19. The molecule has 1 aliphatic heterocycles. The molecule has 52 valence electrons. The molecule has 1 saturated heterocycles. The van der Waals surface area contributed by atoms with Crippen molar-refractivity contribution in [2.24, 2.45) is 0 Å². The van der Waals surface area contributed by atoms with Gasteiger partial charge < -0.3 is 9.05 Å².